The van der Waals surface area contributed by atoms with Gasteiger partial charge < -0.3 is 9.72 Å². The molecule has 1 fully saturated rings. The van der Waals surface area contributed by atoms with Crippen LogP contribution in [0.25, 0.3) is 11.0 Å². The molecule has 3 rings (SSSR count). The van der Waals surface area contributed by atoms with Gasteiger partial charge in [0.25, 0.3) is 0 Å². The van der Waals surface area contributed by atoms with E-state index >= 15 is 0 Å². The number of fused-ring (bicyclic) bond motifs is 1. The average Bonchev–Trinajstić information content (AvgIpc) is 2.96. The van der Waals surface area contributed by atoms with Crippen molar-refractivity contribution < 1.29 is 4.74 Å². The molecule has 1 N–H and O–H groups in total. The Bertz CT molecular complexity index is 503. The fourth-order valence-electron chi connectivity index (χ4n) is 2.08. The van der Waals surface area contributed by atoms with E-state index in [1.165, 1.54) is 18.6 Å². The van der Waals surface area contributed by atoms with E-state index in [4.69, 9.17) is 4.74 Å². The molecular weight excluding hydrogens is 220 g/mol. The number of thioether (sulfide) groups is 1. The number of ether oxygens (including phenoxy) is 1. The Labute approximate surface area is 98.6 Å². The van der Waals surface area contributed by atoms with Gasteiger partial charge in [-0.25, -0.2) is 4.98 Å². The van der Waals surface area contributed by atoms with Gasteiger partial charge in [-0.3, -0.25) is 0 Å². The molecule has 0 aliphatic carbocycles. The Morgan fingerprint density at radius 3 is 3.19 bits per heavy atom. The van der Waals surface area contributed by atoms with Gasteiger partial charge in [0.15, 0.2) is 0 Å². The number of rotatable bonds is 2. The molecule has 84 valence electrons. The Kier molecular flexibility index (Phi) is 2.52. The third-order valence-corrected chi connectivity index (χ3v) is 4.33. The van der Waals surface area contributed by atoms with E-state index in [9.17, 15) is 0 Å². The molecule has 2 heterocycles. The van der Waals surface area contributed by atoms with Crippen LogP contribution in [-0.2, 0) is 0 Å². The molecule has 1 unspecified atom stereocenters. The quantitative estimate of drug-likeness (QED) is 0.867. The van der Waals surface area contributed by atoms with Crippen molar-refractivity contribution >= 4 is 22.8 Å². The van der Waals surface area contributed by atoms with Crippen LogP contribution in [0.5, 0.6) is 5.75 Å². The summed E-state index contributed by atoms with van der Waals surface area (Å²) in [5.41, 5.74) is 2.10. The van der Waals surface area contributed by atoms with Crippen LogP contribution in [0.15, 0.2) is 18.2 Å². The van der Waals surface area contributed by atoms with Crippen molar-refractivity contribution in [2.24, 2.45) is 0 Å². The highest BCUT2D eigenvalue weighted by Gasteiger charge is 2.20. The molecule has 0 amide bonds. The van der Waals surface area contributed by atoms with Crippen molar-refractivity contribution in [3.8, 4) is 5.75 Å². The second-order valence-corrected chi connectivity index (χ2v) is 5.32. The van der Waals surface area contributed by atoms with Gasteiger partial charge in [-0.15, -0.1) is 0 Å². The molecular formula is C12H14N2OS. The van der Waals surface area contributed by atoms with Crippen molar-refractivity contribution in [3.05, 3.63) is 24.0 Å². The predicted octanol–water partition coefficient (Wildman–Crippen LogP) is 3.14. The molecule has 3 nitrogen and oxygen atoms in total. The molecule has 1 saturated heterocycles. The van der Waals surface area contributed by atoms with E-state index in [1.54, 1.807) is 7.11 Å². The minimum Gasteiger partial charge on any atom is -0.497 e. The lowest BCUT2D eigenvalue weighted by Crippen LogP contribution is -1.90. The lowest BCUT2D eigenvalue weighted by molar-refractivity contribution is 0.415. The normalized spacial score (nSPS) is 20.4. The third kappa shape index (κ3) is 1.67. The lowest BCUT2D eigenvalue weighted by atomic mass is 10.2. The zero-order chi connectivity index (χ0) is 11.0. The first-order chi connectivity index (χ1) is 7.86. The molecule has 16 heavy (non-hydrogen) atoms. The SMILES string of the molecule is COc1ccc2nc(C3CCCS3)[nH]c2c1. The summed E-state index contributed by atoms with van der Waals surface area (Å²) in [6.45, 7) is 0. The molecule has 0 spiro atoms. The fraction of sp³-hybridized carbons (Fsp3) is 0.417. The van der Waals surface area contributed by atoms with Crippen molar-refractivity contribution in [3.63, 3.8) is 0 Å². The van der Waals surface area contributed by atoms with E-state index in [2.05, 4.69) is 9.97 Å². The van der Waals surface area contributed by atoms with Gasteiger partial charge in [0.1, 0.15) is 11.6 Å². The number of benzene rings is 1. The smallest absolute Gasteiger partial charge is 0.121 e. The minimum absolute atomic E-state index is 0.554. The Morgan fingerprint density at radius 2 is 2.44 bits per heavy atom. The number of hydrogen-bond acceptors (Lipinski definition) is 3. The average molecular weight is 234 g/mol. The Balaban J connectivity index is 2.01. The summed E-state index contributed by atoms with van der Waals surface area (Å²) < 4.78 is 5.20. The molecule has 2 aromatic rings. The summed E-state index contributed by atoms with van der Waals surface area (Å²) in [5, 5.41) is 0.554. The number of aromatic nitrogens is 2. The van der Waals surface area contributed by atoms with Crippen LogP contribution in [0, 0.1) is 0 Å². The van der Waals surface area contributed by atoms with Gasteiger partial charge in [0, 0.05) is 6.07 Å². The second kappa shape index (κ2) is 4.01. The highest BCUT2D eigenvalue weighted by atomic mass is 32.2. The minimum atomic E-state index is 0.554. The summed E-state index contributed by atoms with van der Waals surface area (Å²) in [6.07, 6.45) is 2.54. The van der Waals surface area contributed by atoms with Gasteiger partial charge in [0.05, 0.1) is 23.4 Å². The summed E-state index contributed by atoms with van der Waals surface area (Å²) >= 11 is 2.00. The van der Waals surface area contributed by atoms with E-state index in [-0.39, 0.29) is 0 Å². The zero-order valence-corrected chi connectivity index (χ0v) is 10.0. The van der Waals surface area contributed by atoms with Crippen LogP contribution in [0.1, 0.15) is 23.9 Å². The maximum atomic E-state index is 5.20. The maximum absolute atomic E-state index is 5.20. The molecule has 1 aromatic heterocycles. The molecule has 0 bridgehead atoms. The van der Waals surface area contributed by atoms with Gasteiger partial charge >= 0.3 is 0 Å². The van der Waals surface area contributed by atoms with Crippen molar-refractivity contribution in [2.45, 2.75) is 18.1 Å². The monoisotopic (exact) mass is 234 g/mol. The Morgan fingerprint density at radius 1 is 1.50 bits per heavy atom. The third-order valence-electron chi connectivity index (χ3n) is 2.94. The number of imidazole rings is 1. The first-order valence-electron chi connectivity index (χ1n) is 5.52. The van der Waals surface area contributed by atoms with Gasteiger partial charge in [-0.2, -0.15) is 11.8 Å². The Hall–Kier alpha value is -1.16. The summed E-state index contributed by atoms with van der Waals surface area (Å²) in [6, 6.07) is 5.97. The summed E-state index contributed by atoms with van der Waals surface area (Å²) in [5.74, 6) is 3.25. The molecule has 1 aliphatic heterocycles. The number of nitrogens with zero attached hydrogens (tertiary/aromatic N) is 1. The summed E-state index contributed by atoms with van der Waals surface area (Å²) in [4.78, 5) is 8.04. The molecule has 0 radical (unpaired) electrons. The standard InChI is InChI=1S/C12H14N2OS/c1-15-8-4-5-9-10(7-8)14-12(13-9)11-3-2-6-16-11/h4-5,7,11H,2-3,6H2,1H3,(H,13,14). The first-order valence-corrected chi connectivity index (χ1v) is 6.57. The maximum Gasteiger partial charge on any atom is 0.121 e. The molecule has 1 aromatic carbocycles. The van der Waals surface area contributed by atoms with E-state index in [0.29, 0.717) is 5.25 Å². The topological polar surface area (TPSA) is 37.9 Å². The number of nitrogens with one attached hydrogen (secondary N) is 1. The van der Waals surface area contributed by atoms with Crippen LogP contribution in [-0.4, -0.2) is 22.8 Å². The highest BCUT2D eigenvalue weighted by Crippen LogP contribution is 2.39. The second-order valence-electron chi connectivity index (χ2n) is 4.01. The van der Waals surface area contributed by atoms with Crippen LogP contribution < -0.4 is 4.74 Å². The van der Waals surface area contributed by atoms with Crippen molar-refractivity contribution in [1.29, 1.82) is 0 Å². The predicted molar refractivity (Wildman–Crippen MR) is 67.1 cm³/mol. The molecule has 0 saturated carbocycles. The van der Waals surface area contributed by atoms with Gasteiger partial charge in [0.2, 0.25) is 0 Å². The van der Waals surface area contributed by atoms with E-state index in [0.717, 1.165) is 22.6 Å². The van der Waals surface area contributed by atoms with E-state index < -0.39 is 0 Å². The largest absolute Gasteiger partial charge is 0.497 e. The zero-order valence-electron chi connectivity index (χ0n) is 9.19. The molecule has 1 aliphatic rings. The number of H-pyrrole nitrogens is 1. The van der Waals surface area contributed by atoms with Gasteiger partial charge in [-0.1, -0.05) is 0 Å². The fourth-order valence-corrected chi connectivity index (χ4v) is 3.30. The number of aromatic amines is 1. The van der Waals surface area contributed by atoms with Crippen molar-refractivity contribution in [1.82, 2.24) is 9.97 Å². The van der Waals surface area contributed by atoms with Crippen LogP contribution in [0.3, 0.4) is 0 Å². The van der Waals surface area contributed by atoms with Gasteiger partial charge in [-0.05, 0) is 30.7 Å². The van der Waals surface area contributed by atoms with Crippen LogP contribution in [0.2, 0.25) is 0 Å². The van der Waals surface area contributed by atoms with Crippen LogP contribution >= 0.6 is 11.8 Å². The molecule has 4 heteroatoms. The lowest BCUT2D eigenvalue weighted by Gasteiger charge is -2.02. The van der Waals surface area contributed by atoms with E-state index in [1.807, 2.05) is 30.0 Å². The summed E-state index contributed by atoms with van der Waals surface area (Å²) in [7, 11) is 1.69. The number of methoxy groups -OCH3 is 1. The number of hydrogen-bond donors (Lipinski definition) is 1. The van der Waals surface area contributed by atoms with Crippen molar-refractivity contribution in [2.75, 3.05) is 12.9 Å². The van der Waals surface area contributed by atoms with Crippen LogP contribution in [0.4, 0.5) is 0 Å². The molecule has 1 atom stereocenters. The first kappa shape index (κ1) is 10.0. The highest BCUT2D eigenvalue weighted by molar-refractivity contribution is 7.99.